The maximum absolute atomic E-state index is 13.5. The third kappa shape index (κ3) is 3.48. The largest absolute Gasteiger partial charge is 0.352 e. The number of aromatic amines is 1. The Hall–Kier alpha value is -3.55. The van der Waals surface area contributed by atoms with E-state index in [9.17, 15) is 18.4 Å². The molecule has 0 radical (unpaired) electrons. The number of aryl methyl sites for hydroxylation is 1. The third-order valence-corrected chi connectivity index (χ3v) is 4.52. The standard InChI is InChI=1S/C20H16F2N4O2/c21-13-3-1-12(2-4-13)10-23-17(27)7-8-26-11-24-18-15-9-14(22)5-6-16(15)25-19(18)20(26)28/h1-6,9,11,25H,7-8,10H2,(H,23,27). The fourth-order valence-electron chi connectivity index (χ4n) is 3.03. The number of hydrogen-bond acceptors (Lipinski definition) is 3. The van der Waals surface area contributed by atoms with E-state index in [1.54, 1.807) is 18.2 Å². The SMILES string of the molecule is O=C(CCn1cnc2c([nH]c3ccc(F)cc32)c1=O)NCc1ccc(F)cc1. The average molecular weight is 382 g/mol. The normalized spacial score (nSPS) is 11.2. The summed E-state index contributed by atoms with van der Waals surface area (Å²) in [4.78, 5) is 31.9. The van der Waals surface area contributed by atoms with E-state index < -0.39 is 5.82 Å². The molecule has 2 heterocycles. The number of hydrogen-bond donors (Lipinski definition) is 2. The molecule has 0 atom stereocenters. The Labute approximate surface area is 157 Å². The van der Waals surface area contributed by atoms with Crippen molar-refractivity contribution in [2.75, 3.05) is 0 Å². The van der Waals surface area contributed by atoms with Gasteiger partial charge in [-0.1, -0.05) is 12.1 Å². The Bertz CT molecular complexity index is 1230. The van der Waals surface area contributed by atoms with Gasteiger partial charge in [0, 0.05) is 30.4 Å². The zero-order valence-electron chi connectivity index (χ0n) is 14.7. The number of carbonyl (C=O) groups is 1. The van der Waals surface area contributed by atoms with Crippen LogP contribution < -0.4 is 10.9 Å². The summed E-state index contributed by atoms with van der Waals surface area (Å²) >= 11 is 0. The fraction of sp³-hybridized carbons (Fsp3) is 0.150. The molecule has 0 fully saturated rings. The molecule has 142 valence electrons. The lowest BCUT2D eigenvalue weighted by atomic mass is 10.2. The highest BCUT2D eigenvalue weighted by atomic mass is 19.1. The molecular weight excluding hydrogens is 366 g/mol. The second kappa shape index (κ2) is 7.22. The summed E-state index contributed by atoms with van der Waals surface area (Å²) in [6, 6.07) is 10.0. The van der Waals surface area contributed by atoms with E-state index in [0.29, 0.717) is 16.4 Å². The van der Waals surface area contributed by atoms with Gasteiger partial charge >= 0.3 is 0 Å². The lowest BCUT2D eigenvalue weighted by Gasteiger charge is -2.07. The zero-order chi connectivity index (χ0) is 19.7. The molecule has 6 nitrogen and oxygen atoms in total. The van der Waals surface area contributed by atoms with Crippen LogP contribution in [0.5, 0.6) is 0 Å². The molecule has 4 rings (SSSR count). The summed E-state index contributed by atoms with van der Waals surface area (Å²) < 4.78 is 27.7. The maximum Gasteiger partial charge on any atom is 0.277 e. The van der Waals surface area contributed by atoms with Gasteiger partial charge in [-0.25, -0.2) is 13.8 Å². The molecule has 0 saturated heterocycles. The van der Waals surface area contributed by atoms with Crippen molar-refractivity contribution in [1.82, 2.24) is 19.9 Å². The van der Waals surface area contributed by atoms with Crippen LogP contribution >= 0.6 is 0 Å². The van der Waals surface area contributed by atoms with E-state index in [-0.39, 0.29) is 42.3 Å². The van der Waals surface area contributed by atoms with Crippen molar-refractivity contribution in [2.45, 2.75) is 19.5 Å². The number of amides is 1. The van der Waals surface area contributed by atoms with Crippen LogP contribution in [0.3, 0.4) is 0 Å². The van der Waals surface area contributed by atoms with Crippen molar-refractivity contribution >= 4 is 27.8 Å². The van der Waals surface area contributed by atoms with Gasteiger partial charge in [0.2, 0.25) is 5.91 Å². The molecule has 28 heavy (non-hydrogen) atoms. The lowest BCUT2D eigenvalue weighted by molar-refractivity contribution is -0.121. The second-order valence-corrected chi connectivity index (χ2v) is 6.43. The highest BCUT2D eigenvalue weighted by molar-refractivity contribution is 6.04. The van der Waals surface area contributed by atoms with Crippen LogP contribution in [0.1, 0.15) is 12.0 Å². The molecule has 0 bridgehead atoms. The summed E-state index contributed by atoms with van der Waals surface area (Å²) in [7, 11) is 0. The fourth-order valence-corrected chi connectivity index (χ4v) is 3.03. The number of nitrogens with one attached hydrogen (secondary N) is 2. The van der Waals surface area contributed by atoms with E-state index in [1.807, 2.05) is 0 Å². The molecule has 0 aliphatic heterocycles. The molecular formula is C20H16F2N4O2. The van der Waals surface area contributed by atoms with Crippen LogP contribution in [0.25, 0.3) is 21.9 Å². The van der Waals surface area contributed by atoms with Crippen LogP contribution in [0.15, 0.2) is 53.6 Å². The monoisotopic (exact) mass is 382 g/mol. The van der Waals surface area contributed by atoms with Gasteiger partial charge in [0.05, 0.1) is 6.33 Å². The Balaban J connectivity index is 1.46. The van der Waals surface area contributed by atoms with Crippen LogP contribution in [0, 0.1) is 11.6 Å². The van der Waals surface area contributed by atoms with Crippen molar-refractivity contribution in [1.29, 1.82) is 0 Å². The number of H-pyrrole nitrogens is 1. The van der Waals surface area contributed by atoms with Gasteiger partial charge in [-0.3, -0.25) is 14.2 Å². The smallest absolute Gasteiger partial charge is 0.277 e. The van der Waals surface area contributed by atoms with Crippen molar-refractivity contribution < 1.29 is 13.6 Å². The van der Waals surface area contributed by atoms with Crippen LogP contribution in [0.2, 0.25) is 0 Å². The van der Waals surface area contributed by atoms with E-state index in [2.05, 4.69) is 15.3 Å². The van der Waals surface area contributed by atoms with Gasteiger partial charge < -0.3 is 10.3 Å². The quantitative estimate of drug-likeness (QED) is 0.557. The Morgan fingerprint density at radius 3 is 2.64 bits per heavy atom. The third-order valence-electron chi connectivity index (χ3n) is 4.52. The molecule has 0 unspecified atom stereocenters. The predicted molar refractivity (Wildman–Crippen MR) is 101 cm³/mol. The lowest BCUT2D eigenvalue weighted by Crippen LogP contribution is -2.27. The Kier molecular flexibility index (Phi) is 4.60. The van der Waals surface area contributed by atoms with Crippen LogP contribution in [-0.2, 0) is 17.9 Å². The zero-order valence-corrected chi connectivity index (χ0v) is 14.7. The molecule has 0 saturated carbocycles. The molecule has 2 aromatic carbocycles. The van der Waals surface area contributed by atoms with Gasteiger partial charge in [0.1, 0.15) is 22.7 Å². The number of rotatable bonds is 5. The van der Waals surface area contributed by atoms with Gasteiger partial charge in [-0.05, 0) is 35.9 Å². The van der Waals surface area contributed by atoms with E-state index in [0.717, 1.165) is 5.56 Å². The minimum absolute atomic E-state index is 0.0865. The number of fused-ring (bicyclic) bond motifs is 3. The maximum atomic E-state index is 13.5. The second-order valence-electron chi connectivity index (χ2n) is 6.43. The number of carbonyl (C=O) groups excluding carboxylic acids is 1. The first-order valence-electron chi connectivity index (χ1n) is 8.69. The van der Waals surface area contributed by atoms with Crippen molar-refractivity contribution in [2.24, 2.45) is 0 Å². The van der Waals surface area contributed by atoms with Gasteiger partial charge in [-0.15, -0.1) is 0 Å². The number of nitrogens with zero attached hydrogens (tertiary/aromatic N) is 2. The molecule has 0 aliphatic rings. The summed E-state index contributed by atoms with van der Waals surface area (Å²) in [5.74, 6) is -0.982. The van der Waals surface area contributed by atoms with E-state index >= 15 is 0 Å². The van der Waals surface area contributed by atoms with Crippen molar-refractivity contribution in [3.05, 3.63) is 76.3 Å². The van der Waals surface area contributed by atoms with Crippen molar-refractivity contribution in [3.63, 3.8) is 0 Å². The topological polar surface area (TPSA) is 79.8 Å². The first-order chi connectivity index (χ1) is 13.5. The summed E-state index contributed by atoms with van der Waals surface area (Å²) in [6.45, 7) is 0.430. The Morgan fingerprint density at radius 2 is 1.86 bits per heavy atom. The van der Waals surface area contributed by atoms with E-state index in [1.165, 1.54) is 35.2 Å². The summed E-state index contributed by atoms with van der Waals surface area (Å²) in [6.07, 6.45) is 1.44. The predicted octanol–water partition coefficient (Wildman–Crippen LogP) is 2.86. The number of halogens is 2. The average Bonchev–Trinajstić information content (AvgIpc) is 3.06. The molecule has 0 spiro atoms. The van der Waals surface area contributed by atoms with Gasteiger partial charge in [0.25, 0.3) is 5.56 Å². The Morgan fingerprint density at radius 1 is 1.11 bits per heavy atom. The van der Waals surface area contributed by atoms with Gasteiger partial charge in [-0.2, -0.15) is 0 Å². The van der Waals surface area contributed by atoms with E-state index in [4.69, 9.17) is 0 Å². The van der Waals surface area contributed by atoms with Gasteiger partial charge in [0.15, 0.2) is 0 Å². The van der Waals surface area contributed by atoms with Crippen LogP contribution in [0.4, 0.5) is 8.78 Å². The molecule has 0 aliphatic carbocycles. The highest BCUT2D eigenvalue weighted by Gasteiger charge is 2.12. The first-order valence-corrected chi connectivity index (χ1v) is 8.69. The molecule has 8 heteroatoms. The molecule has 1 amide bonds. The highest BCUT2D eigenvalue weighted by Crippen LogP contribution is 2.22. The molecule has 2 aromatic heterocycles. The summed E-state index contributed by atoms with van der Waals surface area (Å²) in [5, 5.41) is 3.26. The first kappa shape index (κ1) is 17.8. The number of benzene rings is 2. The van der Waals surface area contributed by atoms with Crippen LogP contribution in [-0.4, -0.2) is 20.4 Å². The van der Waals surface area contributed by atoms with Crippen molar-refractivity contribution in [3.8, 4) is 0 Å². The summed E-state index contributed by atoms with van der Waals surface area (Å²) in [5.41, 5.74) is 1.75. The number of aromatic nitrogens is 3. The minimum atomic E-state index is -0.405. The molecule has 4 aromatic rings. The molecule has 2 N–H and O–H groups in total. The minimum Gasteiger partial charge on any atom is -0.352 e.